The molecule has 0 spiro atoms. The summed E-state index contributed by atoms with van der Waals surface area (Å²) in [5.74, 6) is 0.493. The molecule has 1 unspecified atom stereocenters. The molecule has 128 valence electrons. The molecule has 0 saturated carbocycles. The van der Waals surface area contributed by atoms with Gasteiger partial charge in [0.2, 0.25) is 15.9 Å². The van der Waals surface area contributed by atoms with Gasteiger partial charge in [-0.3, -0.25) is 0 Å². The van der Waals surface area contributed by atoms with Crippen molar-refractivity contribution in [3.8, 4) is 5.88 Å². The number of pyridine rings is 1. The SMILES string of the molecule is Cc1ccc(S(=O)(=O)N2CCC(Oc3ncccc3Br)C2)cc1C. The third-order valence-electron chi connectivity index (χ3n) is 4.23. The molecule has 1 fully saturated rings. The van der Waals surface area contributed by atoms with Crippen molar-refractivity contribution < 1.29 is 13.2 Å². The van der Waals surface area contributed by atoms with Crippen LogP contribution in [0.2, 0.25) is 0 Å². The Hall–Kier alpha value is -1.44. The lowest BCUT2D eigenvalue weighted by Gasteiger charge is -2.18. The van der Waals surface area contributed by atoms with Crippen LogP contribution in [0.3, 0.4) is 0 Å². The van der Waals surface area contributed by atoms with E-state index in [1.54, 1.807) is 18.3 Å². The van der Waals surface area contributed by atoms with Gasteiger partial charge in [0.1, 0.15) is 6.10 Å². The van der Waals surface area contributed by atoms with E-state index in [2.05, 4.69) is 20.9 Å². The van der Waals surface area contributed by atoms with Crippen molar-refractivity contribution in [2.24, 2.45) is 0 Å². The molecule has 1 saturated heterocycles. The van der Waals surface area contributed by atoms with E-state index in [1.807, 2.05) is 32.0 Å². The maximum Gasteiger partial charge on any atom is 0.243 e. The molecule has 3 rings (SSSR count). The van der Waals surface area contributed by atoms with Crippen molar-refractivity contribution in [2.75, 3.05) is 13.1 Å². The zero-order chi connectivity index (χ0) is 17.3. The van der Waals surface area contributed by atoms with Crippen LogP contribution < -0.4 is 4.74 Å². The van der Waals surface area contributed by atoms with Crippen molar-refractivity contribution in [3.05, 3.63) is 52.1 Å². The minimum Gasteiger partial charge on any atom is -0.472 e. The molecule has 5 nitrogen and oxygen atoms in total. The van der Waals surface area contributed by atoms with Crippen LogP contribution in [0.15, 0.2) is 45.9 Å². The van der Waals surface area contributed by atoms with Crippen molar-refractivity contribution in [2.45, 2.75) is 31.3 Å². The molecule has 7 heteroatoms. The van der Waals surface area contributed by atoms with E-state index in [9.17, 15) is 8.42 Å². The zero-order valence-corrected chi connectivity index (χ0v) is 16.0. The molecule has 2 heterocycles. The fourth-order valence-electron chi connectivity index (χ4n) is 2.65. The Morgan fingerprint density at radius 2 is 2.04 bits per heavy atom. The number of rotatable bonds is 4. The van der Waals surface area contributed by atoms with Gasteiger partial charge >= 0.3 is 0 Å². The number of hydrogen-bond acceptors (Lipinski definition) is 4. The fraction of sp³-hybridized carbons (Fsp3) is 0.353. The molecule has 0 radical (unpaired) electrons. The molecule has 1 aliphatic heterocycles. The molecule has 0 bridgehead atoms. The molecule has 0 amide bonds. The lowest BCUT2D eigenvalue weighted by Crippen LogP contribution is -2.31. The molecular weight excluding hydrogens is 392 g/mol. The number of aromatic nitrogens is 1. The summed E-state index contributed by atoms with van der Waals surface area (Å²) < 4.78 is 33.7. The molecule has 24 heavy (non-hydrogen) atoms. The maximum atomic E-state index is 12.8. The minimum absolute atomic E-state index is 0.197. The highest BCUT2D eigenvalue weighted by atomic mass is 79.9. The first-order valence-electron chi connectivity index (χ1n) is 7.72. The smallest absolute Gasteiger partial charge is 0.243 e. The third kappa shape index (κ3) is 3.48. The molecule has 1 aromatic carbocycles. The standard InChI is InChI=1S/C17H19BrN2O3S/c1-12-5-6-15(10-13(12)2)24(21,22)20-9-7-14(11-20)23-17-16(18)4-3-8-19-17/h3-6,8,10,14H,7,9,11H2,1-2H3. The van der Waals surface area contributed by atoms with Crippen molar-refractivity contribution >= 4 is 26.0 Å². The van der Waals surface area contributed by atoms with E-state index in [4.69, 9.17) is 4.74 Å². The van der Waals surface area contributed by atoms with Crippen LogP contribution in [0.5, 0.6) is 5.88 Å². The second-order valence-corrected chi connectivity index (χ2v) is 8.72. The van der Waals surface area contributed by atoms with E-state index < -0.39 is 10.0 Å². The zero-order valence-electron chi connectivity index (χ0n) is 13.6. The number of nitrogens with zero attached hydrogens (tertiary/aromatic N) is 2. The van der Waals surface area contributed by atoms with Crippen LogP contribution >= 0.6 is 15.9 Å². The van der Waals surface area contributed by atoms with Crippen LogP contribution in [0.4, 0.5) is 0 Å². The Morgan fingerprint density at radius 1 is 1.25 bits per heavy atom. The van der Waals surface area contributed by atoms with Crippen molar-refractivity contribution in [3.63, 3.8) is 0 Å². The molecule has 0 N–H and O–H groups in total. The molecular formula is C17H19BrN2O3S. The van der Waals surface area contributed by atoms with Gasteiger partial charge < -0.3 is 4.74 Å². The van der Waals surface area contributed by atoms with Gasteiger partial charge in [0.05, 0.1) is 15.9 Å². The van der Waals surface area contributed by atoms with Crippen LogP contribution in [0, 0.1) is 13.8 Å². The van der Waals surface area contributed by atoms with Gasteiger partial charge in [0, 0.05) is 12.7 Å². The van der Waals surface area contributed by atoms with Crippen molar-refractivity contribution in [1.29, 1.82) is 0 Å². The largest absolute Gasteiger partial charge is 0.472 e. The first-order chi connectivity index (χ1) is 11.4. The van der Waals surface area contributed by atoms with E-state index in [1.165, 1.54) is 4.31 Å². The average Bonchev–Trinajstić information content (AvgIpc) is 3.01. The predicted molar refractivity (Wildman–Crippen MR) is 95.6 cm³/mol. The van der Waals surface area contributed by atoms with Gasteiger partial charge in [0.25, 0.3) is 0 Å². The predicted octanol–water partition coefficient (Wildman–Crippen LogP) is 3.30. The molecule has 1 atom stereocenters. The summed E-state index contributed by atoms with van der Waals surface area (Å²) in [5, 5.41) is 0. The lowest BCUT2D eigenvalue weighted by atomic mass is 10.1. The molecule has 2 aromatic rings. The van der Waals surface area contributed by atoms with Gasteiger partial charge in [-0.2, -0.15) is 4.31 Å². The monoisotopic (exact) mass is 410 g/mol. The summed E-state index contributed by atoms with van der Waals surface area (Å²) in [4.78, 5) is 4.51. The second kappa shape index (κ2) is 6.82. The number of ether oxygens (including phenoxy) is 1. The third-order valence-corrected chi connectivity index (χ3v) is 6.69. The van der Waals surface area contributed by atoms with E-state index in [0.29, 0.717) is 30.3 Å². The van der Waals surface area contributed by atoms with Gasteiger partial charge in [-0.1, -0.05) is 6.07 Å². The number of hydrogen-bond donors (Lipinski definition) is 0. The van der Waals surface area contributed by atoms with Crippen LogP contribution in [-0.2, 0) is 10.0 Å². The van der Waals surface area contributed by atoms with E-state index in [-0.39, 0.29) is 6.10 Å². The number of aryl methyl sites for hydroxylation is 2. The molecule has 0 aliphatic carbocycles. The normalized spacial score (nSPS) is 18.7. The highest BCUT2D eigenvalue weighted by Gasteiger charge is 2.34. The van der Waals surface area contributed by atoms with Crippen molar-refractivity contribution in [1.82, 2.24) is 9.29 Å². The number of benzene rings is 1. The first-order valence-corrected chi connectivity index (χ1v) is 9.96. The summed E-state index contributed by atoms with van der Waals surface area (Å²) in [5.41, 5.74) is 2.05. The molecule has 1 aliphatic rings. The highest BCUT2D eigenvalue weighted by molar-refractivity contribution is 9.10. The Labute approximate surface area is 150 Å². The summed E-state index contributed by atoms with van der Waals surface area (Å²) in [6.07, 6.45) is 2.10. The second-order valence-electron chi connectivity index (χ2n) is 5.93. The topological polar surface area (TPSA) is 59.5 Å². The number of sulfonamides is 1. The summed E-state index contributed by atoms with van der Waals surface area (Å²) in [7, 11) is -3.49. The van der Waals surface area contributed by atoms with Crippen LogP contribution in [-0.4, -0.2) is 36.9 Å². The van der Waals surface area contributed by atoms with Gasteiger partial charge in [-0.25, -0.2) is 13.4 Å². The van der Waals surface area contributed by atoms with Crippen LogP contribution in [0.25, 0.3) is 0 Å². The van der Waals surface area contributed by atoms with E-state index >= 15 is 0 Å². The van der Waals surface area contributed by atoms with E-state index in [0.717, 1.165) is 15.6 Å². The Kier molecular flexibility index (Phi) is 4.94. The van der Waals surface area contributed by atoms with Gasteiger partial charge in [-0.15, -0.1) is 0 Å². The first kappa shape index (κ1) is 17.4. The Balaban J connectivity index is 1.74. The summed E-state index contributed by atoms with van der Waals surface area (Å²) in [6.45, 7) is 4.67. The molecule has 1 aromatic heterocycles. The lowest BCUT2D eigenvalue weighted by molar-refractivity contribution is 0.205. The average molecular weight is 411 g/mol. The minimum atomic E-state index is -3.49. The Morgan fingerprint density at radius 3 is 2.75 bits per heavy atom. The number of halogens is 1. The maximum absolute atomic E-state index is 12.8. The van der Waals surface area contributed by atoms with Gasteiger partial charge in [0.15, 0.2) is 0 Å². The fourth-order valence-corrected chi connectivity index (χ4v) is 4.57. The van der Waals surface area contributed by atoms with Gasteiger partial charge in [-0.05, 0) is 71.6 Å². The summed E-state index contributed by atoms with van der Waals surface area (Å²) >= 11 is 3.39. The van der Waals surface area contributed by atoms with Crippen LogP contribution in [0.1, 0.15) is 17.5 Å². The quantitative estimate of drug-likeness (QED) is 0.775. The highest BCUT2D eigenvalue weighted by Crippen LogP contribution is 2.27. The Bertz CT molecular complexity index is 855. The summed E-state index contributed by atoms with van der Waals surface area (Å²) in [6, 6.07) is 8.90.